The number of sulfonamides is 1. The van der Waals surface area contributed by atoms with Gasteiger partial charge >= 0.3 is 0 Å². The number of hydrogen-bond donors (Lipinski definition) is 2. The lowest BCUT2D eigenvalue weighted by Crippen LogP contribution is -2.32. The van der Waals surface area contributed by atoms with E-state index in [4.69, 9.17) is 0 Å². The maximum atomic E-state index is 11.9. The van der Waals surface area contributed by atoms with E-state index in [1.807, 2.05) is 49.9 Å². The highest BCUT2D eigenvalue weighted by molar-refractivity contribution is 7.99. The fourth-order valence-electron chi connectivity index (χ4n) is 2.54. The second kappa shape index (κ2) is 8.34. The molecule has 0 unspecified atom stereocenters. The molecule has 0 amide bonds. The Balaban J connectivity index is 1.84. The van der Waals surface area contributed by atoms with Gasteiger partial charge in [0.25, 0.3) is 0 Å². The van der Waals surface area contributed by atoms with Crippen molar-refractivity contribution in [2.24, 2.45) is 0 Å². The molecule has 6 heteroatoms. The molecule has 0 atom stereocenters. The molecule has 124 valence electrons. The van der Waals surface area contributed by atoms with Crippen LogP contribution in [0.1, 0.15) is 37.8 Å². The van der Waals surface area contributed by atoms with E-state index in [1.165, 1.54) is 29.9 Å². The van der Waals surface area contributed by atoms with Crippen molar-refractivity contribution >= 4 is 21.8 Å². The highest BCUT2D eigenvalue weighted by Gasteiger charge is 2.14. The first-order chi connectivity index (χ1) is 10.4. The summed E-state index contributed by atoms with van der Waals surface area (Å²) in [6.45, 7) is 4.51. The lowest BCUT2D eigenvalue weighted by atomic mass is 10.1. The smallest absolute Gasteiger partial charge is 0.216 e. The van der Waals surface area contributed by atoms with Crippen molar-refractivity contribution in [2.75, 3.05) is 11.5 Å². The quantitative estimate of drug-likeness (QED) is 0.799. The number of benzene rings is 1. The van der Waals surface area contributed by atoms with Gasteiger partial charge in [0, 0.05) is 18.6 Å². The van der Waals surface area contributed by atoms with Crippen LogP contribution in [0.4, 0.5) is 0 Å². The lowest BCUT2D eigenvalue weighted by molar-refractivity contribution is 0.482. The molecule has 1 aromatic carbocycles. The molecular weight excluding hydrogens is 316 g/mol. The van der Waals surface area contributed by atoms with Crippen molar-refractivity contribution in [1.82, 2.24) is 10.0 Å². The Morgan fingerprint density at radius 1 is 1.14 bits per heavy atom. The molecule has 1 saturated heterocycles. The summed E-state index contributed by atoms with van der Waals surface area (Å²) in [5.74, 6) is 2.54. The van der Waals surface area contributed by atoms with Crippen LogP contribution >= 0.6 is 11.8 Å². The number of rotatable bonds is 7. The third-order valence-electron chi connectivity index (χ3n) is 3.61. The first-order valence-corrected chi connectivity index (χ1v) is 10.6. The maximum Gasteiger partial charge on any atom is 0.216 e. The Labute approximate surface area is 138 Å². The molecule has 1 heterocycles. The summed E-state index contributed by atoms with van der Waals surface area (Å²) in [5.41, 5.74) is 2.03. The summed E-state index contributed by atoms with van der Waals surface area (Å²) in [6, 6.07) is 8.41. The molecule has 0 bridgehead atoms. The average molecular weight is 343 g/mol. The van der Waals surface area contributed by atoms with E-state index in [0.29, 0.717) is 6.04 Å². The van der Waals surface area contributed by atoms with E-state index in [-0.39, 0.29) is 11.8 Å². The van der Waals surface area contributed by atoms with Gasteiger partial charge in [-0.1, -0.05) is 24.3 Å². The van der Waals surface area contributed by atoms with Crippen LogP contribution in [0, 0.1) is 0 Å². The van der Waals surface area contributed by atoms with Crippen LogP contribution < -0.4 is 10.0 Å². The monoisotopic (exact) mass is 342 g/mol. The van der Waals surface area contributed by atoms with Gasteiger partial charge in [0.05, 0.1) is 5.75 Å². The van der Waals surface area contributed by atoms with E-state index in [2.05, 4.69) is 10.0 Å². The topological polar surface area (TPSA) is 58.2 Å². The molecular formula is C16H26N2O2S2. The van der Waals surface area contributed by atoms with Crippen LogP contribution in [-0.2, 0) is 22.3 Å². The van der Waals surface area contributed by atoms with Gasteiger partial charge in [-0.2, -0.15) is 11.8 Å². The van der Waals surface area contributed by atoms with Crippen LogP contribution in [0.15, 0.2) is 24.3 Å². The minimum atomic E-state index is -3.24. The van der Waals surface area contributed by atoms with E-state index in [0.717, 1.165) is 12.1 Å². The summed E-state index contributed by atoms with van der Waals surface area (Å²) in [5, 5.41) is 3.59. The van der Waals surface area contributed by atoms with Crippen molar-refractivity contribution in [3.8, 4) is 0 Å². The summed E-state index contributed by atoms with van der Waals surface area (Å²) >= 11 is 2.03. The molecule has 0 radical (unpaired) electrons. The minimum Gasteiger partial charge on any atom is -0.310 e. The van der Waals surface area contributed by atoms with Crippen LogP contribution in [-0.4, -0.2) is 32.0 Å². The van der Waals surface area contributed by atoms with Gasteiger partial charge in [-0.15, -0.1) is 0 Å². The molecule has 0 aliphatic carbocycles. The lowest BCUT2D eigenvalue weighted by Gasteiger charge is -2.22. The fraction of sp³-hybridized carbons (Fsp3) is 0.625. The Bertz CT molecular complexity index is 550. The van der Waals surface area contributed by atoms with Crippen LogP contribution in [0.3, 0.4) is 0 Å². The van der Waals surface area contributed by atoms with Gasteiger partial charge in [0.15, 0.2) is 0 Å². The highest BCUT2D eigenvalue weighted by atomic mass is 32.2. The Hall–Kier alpha value is -0.560. The van der Waals surface area contributed by atoms with E-state index in [1.54, 1.807) is 0 Å². The number of hydrogen-bond acceptors (Lipinski definition) is 4. The standard InChI is InChI=1S/C16H26N2O2S2/c1-13(2)18-22(19,20)12-15-5-3-14(4-6-15)11-17-16-7-9-21-10-8-16/h3-6,13,16-18H,7-12H2,1-2H3. The molecule has 1 fully saturated rings. The van der Waals surface area contributed by atoms with E-state index >= 15 is 0 Å². The third kappa shape index (κ3) is 6.28. The molecule has 4 nitrogen and oxygen atoms in total. The van der Waals surface area contributed by atoms with Crippen LogP contribution in [0.25, 0.3) is 0 Å². The second-order valence-electron chi connectivity index (χ2n) is 6.12. The zero-order valence-corrected chi connectivity index (χ0v) is 15.0. The summed E-state index contributed by atoms with van der Waals surface area (Å²) < 4.78 is 26.4. The zero-order chi connectivity index (χ0) is 16.0. The van der Waals surface area contributed by atoms with Crippen LogP contribution in [0.2, 0.25) is 0 Å². The summed E-state index contributed by atoms with van der Waals surface area (Å²) in [6.07, 6.45) is 2.48. The average Bonchev–Trinajstić information content (AvgIpc) is 2.46. The third-order valence-corrected chi connectivity index (χ3v) is 6.20. The number of nitrogens with one attached hydrogen (secondary N) is 2. The molecule has 1 aliphatic heterocycles. The molecule has 2 N–H and O–H groups in total. The van der Waals surface area contributed by atoms with Gasteiger partial charge in [0.1, 0.15) is 0 Å². The predicted octanol–water partition coefficient (Wildman–Crippen LogP) is 2.50. The first-order valence-electron chi connectivity index (χ1n) is 7.83. The molecule has 0 aromatic heterocycles. The zero-order valence-electron chi connectivity index (χ0n) is 13.3. The molecule has 1 aliphatic rings. The van der Waals surface area contributed by atoms with Gasteiger partial charge < -0.3 is 5.32 Å². The van der Waals surface area contributed by atoms with Gasteiger partial charge in [-0.3, -0.25) is 0 Å². The Morgan fingerprint density at radius 2 is 1.73 bits per heavy atom. The van der Waals surface area contributed by atoms with E-state index in [9.17, 15) is 8.42 Å². The largest absolute Gasteiger partial charge is 0.310 e. The maximum absolute atomic E-state index is 11.9. The van der Waals surface area contributed by atoms with Crippen molar-refractivity contribution < 1.29 is 8.42 Å². The first kappa shape index (κ1) is 17.8. The van der Waals surface area contributed by atoms with Crippen molar-refractivity contribution in [3.63, 3.8) is 0 Å². The van der Waals surface area contributed by atoms with Gasteiger partial charge in [0.2, 0.25) is 10.0 Å². The summed E-state index contributed by atoms with van der Waals surface area (Å²) in [7, 11) is -3.24. The predicted molar refractivity (Wildman–Crippen MR) is 94.5 cm³/mol. The minimum absolute atomic E-state index is 0.0404. The molecule has 0 spiro atoms. The van der Waals surface area contributed by atoms with E-state index < -0.39 is 10.0 Å². The molecule has 22 heavy (non-hydrogen) atoms. The molecule has 0 saturated carbocycles. The molecule has 1 aromatic rings. The van der Waals surface area contributed by atoms with Crippen molar-refractivity contribution in [2.45, 2.75) is 51.1 Å². The Morgan fingerprint density at radius 3 is 2.32 bits per heavy atom. The van der Waals surface area contributed by atoms with Crippen molar-refractivity contribution in [3.05, 3.63) is 35.4 Å². The van der Waals surface area contributed by atoms with Crippen LogP contribution in [0.5, 0.6) is 0 Å². The number of thioether (sulfide) groups is 1. The SMILES string of the molecule is CC(C)NS(=O)(=O)Cc1ccc(CNC2CCSCC2)cc1. The van der Waals surface area contributed by atoms with Crippen molar-refractivity contribution in [1.29, 1.82) is 0 Å². The Kier molecular flexibility index (Phi) is 6.74. The van der Waals surface area contributed by atoms with Gasteiger partial charge in [-0.25, -0.2) is 13.1 Å². The van der Waals surface area contributed by atoms with Gasteiger partial charge in [-0.05, 0) is 49.3 Å². The normalized spacial score (nSPS) is 17.0. The highest BCUT2D eigenvalue weighted by Crippen LogP contribution is 2.17. The second-order valence-corrected chi connectivity index (χ2v) is 9.09. The molecule has 2 rings (SSSR count). The summed E-state index contributed by atoms with van der Waals surface area (Å²) in [4.78, 5) is 0. The fourth-order valence-corrected chi connectivity index (χ4v) is 5.08.